The summed E-state index contributed by atoms with van der Waals surface area (Å²) in [5, 5.41) is 7.68. The molecule has 1 aromatic carbocycles. The van der Waals surface area contributed by atoms with Crippen LogP contribution in [0.15, 0.2) is 41.3 Å². The van der Waals surface area contributed by atoms with E-state index in [0.717, 1.165) is 5.56 Å². The predicted octanol–water partition coefficient (Wildman–Crippen LogP) is 2.36. The molecule has 0 atom stereocenters. The van der Waals surface area contributed by atoms with E-state index < -0.39 is 0 Å². The number of amides is 1. The Bertz CT molecular complexity index is 1010. The van der Waals surface area contributed by atoms with E-state index in [0.29, 0.717) is 23.4 Å². The second-order valence-electron chi connectivity index (χ2n) is 7.59. The molecule has 3 aromatic rings. The Balaban J connectivity index is 1.73. The highest BCUT2D eigenvalue weighted by atomic mass is 16.1. The minimum absolute atomic E-state index is 0.101. The molecule has 0 saturated heterocycles. The molecule has 0 unspecified atom stereocenters. The first kappa shape index (κ1) is 18.8. The van der Waals surface area contributed by atoms with Crippen LogP contribution >= 0.6 is 0 Å². The van der Waals surface area contributed by atoms with Crippen LogP contribution in [0.3, 0.4) is 0 Å². The Labute approximate surface area is 158 Å². The molecule has 0 aliphatic carbocycles. The number of benzene rings is 1. The van der Waals surface area contributed by atoms with E-state index in [2.05, 4.69) is 15.4 Å². The third kappa shape index (κ3) is 4.07. The topological polar surface area (TPSA) is 81.8 Å². The number of nitrogens with zero attached hydrogens (tertiary/aromatic N) is 4. The van der Waals surface area contributed by atoms with Crippen LogP contribution in [0.2, 0.25) is 0 Å². The molecule has 0 aliphatic heterocycles. The molecular formula is C20H25N5O2. The lowest BCUT2D eigenvalue weighted by atomic mass is 10.1. The van der Waals surface area contributed by atoms with Gasteiger partial charge in [0.15, 0.2) is 5.65 Å². The van der Waals surface area contributed by atoms with Gasteiger partial charge in [0.05, 0.1) is 11.7 Å². The SMILES string of the molecule is Cc1nc2c(cnn2C(C)(C)C)c(=O)n1CCC(=O)NCc1ccccc1. The summed E-state index contributed by atoms with van der Waals surface area (Å²) in [5.74, 6) is 0.477. The van der Waals surface area contributed by atoms with Crippen LogP contribution in [-0.4, -0.2) is 25.2 Å². The first-order valence-corrected chi connectivity index (χ1v) is 9.03. The highest BCUT2D eigenvalue weighted by molar-refractivity contribution is 5.76. The number of aromatic nitrogens is 4. The molecule has 3 rings (SSSR count). The summed E-state index contributed by atoms with van der Waals surface area (Å²) in [6.07, 6.45) is 1.77. The Morgan fingerprint density at radius 1 is 1.19 bits per heavy atom. The van der Waals surface area contributed by atoms with Gasteiger partial charge in [-0.1, -0.05) is 30.3 Å². The number of rotatable bonds is 5. The van der Waals surface area contributed by atoms with Gasteiger partial charge in [0, 0.05) is 19.5 Å². The summed E-state index contributed by atoms with van der Waals surface area (Å²) in [6.45, 7) is 8.58. The van der Waals surface area contributed by atoms with Crippen molar-refractivity contribution in [2.75, 3.05) is 0 Å². The Morgan fingerprint density at radius 2 is 1.89 bits per heavy atom. The molecule has 2 aromatic heterocycles. The summed E-state index contributed by atoms with van der Waals surface area (Å²) in [6, 6.07) is 9.72. The molecule has 27 heavy (non-hydrogen) atoms. The van der Waals surface area contributed by atoms with Gasteiger partial charge in [0.25, 0.3) is 5.56 Å². The van der Waals surface area contributed by atoms with Crippen molar-refractivity contribution >= 4 is 16.9 Å². The van der Waals surface area contributed by atoms with Gasteiger partial charge in [-0.05, 0) is 33.3 Å². The smallest absolute Gasteiger partial charge is 0.264 e. The van der Waals surface area contributed by atoms with Gasteiger partial charge in [0.2, 0.25) is 5.91 Å². The monoisotopic (exact) mass is 367 g/mol. The van der Waals surface area contributed by atoms with Gasteiger partial charge in [-0.2, -0.15) is 5.10 Å². The van der Waals surface area contributed by atoms with Crippen molar-refractivity contribution in [2.24, 2.45) is 0 Å². The first-order valence-electron chi connectivity index (χ1n) is 9.03. The molecule has 0 aliphatic rings. The minimum atomic E-state index is -0.267. The van der Waals surface area contributed by atoms with Crippen LogP contribution in [0.5, 0.6) is 0 Å². The third-order valence-electron chi connectivity index (χ3n) is 4.41. The van der Waals surface area contributed by atoms with Crippen molar-refractivity contribution in [3.63, 3.8) is 0 Å². The molecule has 142 valence electrons. The maximum absolute atomic E-state index is 12.8. The Morgan fingerprint density at radius 3 is 2.56 bits per heavy atom. The summed E-state index contributed by atoms with van der Waals surface area (Å²) in [4.78, 5) is 29.5. The lowest BCUT2D eigenvalue weighted by Crippen LogP contribution is -2.29. The van der Waals surface area contributed by atoms with Crippen molar-refractivity contribution < 1.29 is 4.79 Å². The molecule has 7 nitrogen and oxygen atoms in total. The molecule has 1 N–H and O–H groups in total. The van der Waals surface area contributed by atoms with Crippen LogP contribution in [0, 0.1) is 6.92 Å². The molecule has 0 fully saturated rings. The van der Waals surface area contributed by atoms with Gasteiger partial charge in [-0.25, -0.2) is 9.67 Å². The lowest BCUT2D eigenvalue weighted by molar-refractivity contribution is -0.121. The summed E-state index contributed by atoms with van der Waals surface area (Å²) in [7, 11) is 0. The standard InChI is InChI=1S/C20H25N5O2/c1-14-23-18-16(13-22-25(18)20(2,3)4)19(27)24(14)11-10-17(26)21-12-15-8-6-5-7-9-15/h5-9,13H,10-12H2,1-4H3,(H,21,26). The predicted molar refractivity (Wildman–Crippen MR) is 104 cm³/mol. The molecule has 0 saturated carbocycles. The quantitative estimate of drug-likeness (QED) is 0.751. The fraction of sp³-hybridized carbons (Fsp3) is 0.400. The van der Waals surface area contributed by atoms with E-state index in [4.69, 9.17) is 0 Å². The fourth-order valence-corrected chi connectivity index (χ4v) is 2.96. The molecule has 2 heterocycles. The van der Waals surface area contributed by atoms with Crippen LogP contribution in [-0.2, 0) is 23.4 Å². The molecule has 0 spiro atoms. The number of hydrogen-bond donors (Lipinski definition) is 1. The largest absolute Gasteiger partial charge is 0.352 e. The van der Waals surface area contributed by atoms with Gasteiger partial charge in [0.1, 0.15) is 11.2 Å². The van der Waals surface area contributed by atoms with Crippen LogP contribution in [0.25, 0.3) is 11.0 Å². The van der Waals surface area contributed by atoms with Crippen molar-refractivity contribution in [2.45, 2.75) is 52.7 Å². The molecule has 0 bridgehead atoms. The molecule has 0 radical (unpaired) electrons. The maximum Gasteiger partial charge on any atom is 0.264 e. The van der Waals surface area contributed by atoms with Crippen molar-refractivity contribution in [1.29, 1.82) is 0 Å². The van der Waals surface area contributed by atoms with E-state index >= 15 is 0 Å². The van der Waals surface area contributed by atoms with Crippen molar-refractivity contribution in [1.82, 2.24) is 24.6 Å². The van der Waals surface area contributed by atoms with Gasteiger partial charge < -0.3 is 5.32 Å². The summed E-state index contributed by atoms with van der Waals surface area (Å²) >= 11 is 0. The third-order valence-corrected chi connectivity index (χ3v) is 4.41. The van der Waals surface area contributed by atoms with E-state index in [1.807, 2.05) is 51.1 Å². The van der Waals surface area contributed by atoms with E-state index in [9.17, 15) is 9.59 Å². The zero-order chi connectivity index (χ0) is 19.6. The number of hydrogen-bond acceptors (Lipinski definition) is 4. The van der Waals surface area contributed by atoms with Gasteiger partial charge in [-0.3, -0.25) is 14.2 Å². The normalized spacial score (nSPS) is 11.7. The average molecular weight is 367 g/mol. The number of aryl methyl sites for hydroxylation is 1. The lowest BCUT2D eigenvalue weighted by Gasteiger charge is -2.20. The molecular weight excluding hydrogens is 342 g/mol. The van der Waals surface area contributed by atoms with Crippen molar-refractivity contribution in [3.8, 4) is 0 Å². The van der Waals surface area contributed by atoms with Crippen LogP contribution in [0.1, 0.15) is 38.6 Å². The summed E-state index contributed by atoms with van der Waals surface area (Å²) < 4.78 is 3.30. The number of fused-ring (bicyclic) bond motifs is 1. The molecule has 1 amide bonds. The van der Waals surface area contributed by atoms with Gasteiger partial charge >= 0.3 is 0 Å². The van der Waals surface area contributed by atoms with Crippen molar-refractivity contribution in [3.05, 3.63) is 58.3 Å². The summed E-state index contributed by atoms with van der Waals surface area (Å²) in [5.41, 5.74) is 1.19. The van der Waals surface area contributed by atoms with E-state index in [1.54, 1.807) is 22.4 Å². The highest BCUT2D eigenvalue weighted by Crippen LogP contribution is 2.18. The highest BCUT2D eigenvalue weighted by Gasteiger charge is 2.21. The van der Waals surface area contributed by atoms with E-state index in [1.165, 1.54) is 0 Å². The zero-order valence-electron chi connectivity index (χ0n) is 16.2. The average Bonchev–Trinajstić information content (AvgIpc) is 3.05. The number of nitrogens with one attached hydrogen (secondary N) is 1. The number of carbonyl (C=O) groups is 1. The van der Waals surface area contributed by atoms with Crippen LogP contribution in [0.4, 0.5) is 0 Å². The maximum atomic E-state index is 12.8. The Kier molecular flexibility index (Phi) is 5.12. The number of carbonyl (C=O) groups excluding carboxylic acids is 1. The molecule has 7 heteroatoms. The minimum Gasteiger partial charge on any atom is -0.352 e. The van der Waals surface area contributed by atoms with Crippen LogP contribution < -0.4 is 10.9 Å². The first-order chi connectivity index (χ1) is 12.8. The van der Waals surface area contributed by atoms with E-state index in [-0.39, 0.29) is 30.0 Å². The second kappa shape index (κ2) is 7.34. The fourth-order valence-electron chi connectivity index (χ4n) is 2.96. The Hall–Kier alpha value is -2.96. The van der Waals surface area contributed by atoms with Gasteiger partial charge in [-0.15, -0.1) is 0 Å². The second-order valence-corrected chi connectivity index (χ2v) is 7.59. The zero-order valence-corrected chi connectivity index (χ0v) is 16.2.